The third kappa shape index (κ3) is 5.63. The maximum atomic E-state index is 12.6. The molecule has 0 spiro atoms. The van der Waals surface area contributed by atoms with Crippen LogP contribution in [0.2, 0.25) is 0 Å². The smallest absolute Gasteiger partial charge is 0.282 e. The maximum Gasteiger partial charge on any atom is 0.282 e. The van der Waals surface area contributed by atoms with Gasteiger partial charge in [-0.25, -0.2) is 0 Å². The summed E-state index contributed by atoms with van der Waals surface area (Å²) in [5.41, 5.74) is 5.36. The summed E-state index contributed by atoms with van der Waals surface area (Å²) in [4.78, 5) is 48.2. The van der Waals surface area contributed by atoms with Crippen LogP contribution in [0.3, 0.4) is 0 Å². The standard InChI is InChI=1S/C26H26N4O5/c31-24(28-29-26(33)21-10-5-7-18-6-1-2-8-20(18)21)19-14-12-17(13-15-19)16-27-25(32)22-9-3-4-11-23(22)30(34)35/h1-11,17,19H,12-16H2,(H,27,32)(H,28,31)(H,29,33). The molecule has 0 radical (unpaired) electrons. The Morgan fingerprint density at radius 1 is 0.800 bits per heavy atom. The summed E-state index contributed by atoms with van der Waals surface area (Å²) in [6.45, 7) is 0.386. The van der Waals surface area contributed by atoms with Crippen LogP contribution >= 0.6 is 0 Å². The molecule has 1 aliphatic rings. The van der Waals surface area contributed by atoms with Crippen LogP contribution in [0.15, 0.2) is 66.7 Å². The second-order valence-electron chi connectivity index (χ2n) is 8.67. The number of nitro benzene ring substituents is 1. The third-order valence-electron chi connectivity index (χ3n) is 6.45. The molecule has 0 bridgehead atoms. The molecule has 0 saturated heterocycles. The fourth-order valence-electron chi connectivity index (χ4n) is 4.50. The highest BCUT2D eigenvalue weighted by Crippen LogP contribution is 2.29. The quantitative estimate of drug-likeness (QED) is 0.370. The van der Waals surface area contributed by atoms with Crippen LogP contribution in [-0.2, 0) is 4.79 Å². The van der Waals surface area contributed by atoms with Crippen molar-refractivity contribution in [3.8, 4) is 0 Å². The first kappa shape index (κ1) is 23.9. The van der Waals surface area contributed by atoms with Crippen molar-refractivity contribution in [2.45, 2.75) is 25.7 Å². The van der Waals surface area contributed by atoms with Gasteiger partial charge in [0.25, 0.3) is 17.5 Å². The molecule has 35 heavy (non-hydrogen) atoms. The van der Waals surface area contributed by atoms with E-state index in [0.717, 1.165) is 23.6 Å². The van der Waals surface area contributed by atoms with E-state index in [1.54, 1.807) is 18.2 Å². The number of hydrogen-bond acceptors (Lipinski definition) is 5. The Morgan fingerprint density at radius 2 is 1.46 bits per heavy atom. The van der Waals surface area contributed by atoms with Crippen LogP contribution in [0.25, 0.3) is 10.8 Å². The molecular weight excluding hydrogens is 448 g/mol. The van der Waals surface area contributed by atoms with Crippen molar-refractivity contribution < 1.29 is 19.3 Å². The van der Waals surface area contributed by atoms with E-state index in [1.807, 2.05) is 30.3 Å². The van der Waals surface area contributed by atoms with Gasteiger partial charge in [-0.15, -0.1) is 0 Å². The van der Waals surface area contributed by atoms with Gasteiger partial charge in [-0.2, -0.15) is 0 Å². The second kappa shape index (κ2) is 10.8. The Kier molecular flexibility index (Phi) is 7.35. The van der Waals surface area contributed by atoms with E-state index in [9.17, 15) is 24.5 Å². The first-order chi connectivity index (χ1) is 16.9. The highest BCUT2D eigenvalue weighted by molar-refractivity contribution is 6.07. The Hall–Kier alpha value is -4.27. The Morgan fingerprint density at radius 3 is 2.23 bits per heavy atom. The largest absolute Gasteiger partial charge is 0.352 e. The van der Waals surface area contributed by atoms with Crippen molar-refractivity contribution in [2.75, 3.05) is 6.54 Å². The summed E-state index contributed by atoms with van der Waals surface area (Å²) >= 11 is 0. The number of carbonyl (C=O) groups excluding carboxylic acids is 3. The zero-order valence-electron chi connectivity index (χ0n) is 19.0. The van der Waals surface area contributed by atoms with Crippen molar-refractivity contribution in [2.24, 2.45) is 11.8 Å². The van der Waals surface area contributed by atoms with Crippen molar-refractivity contribution in [1.82, 2.24) is 16.2 Å². The highest BCUT2D eigenvalue weighted by Gasteiger charge is 2.27. The number of nitro groups is 1. The average Bonchev–Trinajstić information content (AvgIpc) is 2.90. The molecule has 0 aromatic heterocycles. The summed E-state index contributed by atoms with van der Waals surface area (Å²) in [7, 11) is 0. The van der Waals surface area contributed by atoms with Gasteiger partial charge in [0.15, 0.2) is 0 Å². The van der Waals surface area contributed by atoms with E-state index in [1.165, 1.54) is 18.2 Å². The molecule has 0 atom stereocenters. The first-order valence-electron chi connectivity index (χ1n) is 11.5. The van der Waals surface area contributed by atoms with E-state index in [2.05, 4.69) is 16.2 Å². The van der Waals surface area contributed by atoms with Gasteiger partial charge in [0.2, 0.25) is 5.91 Å². The molecular formula is C26H26N4O5. The normalized spacial score (nSPS) is 17.4. The van der Waals surface area contributed by atoms with Crippen LogP contribution < -0.4 is 16.2 Å². The van der Waals surface area contributed by atoms with Gasteiger partial charge < -0.3 is 5.32 Å². The zero-order valence-corrected chi connectivity index (χ0v) is 19.0. The van der Waals surface area contributed by atoms with E-state index < -0.39 is 10.8 Å². The Bertz CT molecular complexity index is 1260. The van der Waals surface area contributed by atoms with Crippen LogP contribution in [0, 0.1) is 22.0 Å². The number of fused-ring (bicyclic) bond motifs is 1. The summed E-state index contributed by atoms with van der Waals surface area (Å²) in [5.74, 6) is -1.14. The summed E-state index contributed by atoms with van der Waals surface area (Å²) in [6, 6.07) is 18.8. The van der Waals surface area contributed by atoms with Crippen molar-refractivity contribution in [1.29, 1.82) is 0 Å². The van der Waals surface area contributed by atoms with E-state index >= 15 is 0 Å². The summed E-state index contributed by atoms with van der Waals surface area (Å²) in [6.07, 6.45) is 2.71. The highest BCUT2D eigenvalue weighted by atomic mass is 16.6. The van der Waals surface area contributed by atoms with E-state index in [-0.39, 0.29) is 34.9 Å². The number of hydrogen-bond donors (Lipinski definition) is 3. The molecule has 3 N–H and O–H groups in total. The zero-order chi connectivity index (χ0) is 24.8. The van der Waals surface area contributed by atoms with Gasteiger partial charge in [0.05, 0.1) is 4.92 Å². The number of amides is 3. The Balaban J connectivity index is 1.24. The third-order valence-corrected chi connectivity index (χ3v) is 6.45. The first-order valence-corrected chi connectivity index (χ1v) is 11.5. The molecule has 1 fully saturated rings. The van der Waals surface area contributed by atoms with E-state index in [0.29, 0.717) is 24.9 Å². The lowest BCUT2D eigenvalue weighted by molar-refractivity contribution is -0.385. The van der Waals surface area contributed by atoms with Gasteiger partial charge in [-0.3, -0.25) is 35.3 Å². The SMILES string of the molecule is O=C(NCC1CCC(C(=O)NNC(=O)c2cccc3ccccc23)CC1)c1ccccc1[N+](=O)[O-]. The van der Waals surface area contributed by atoms with Gasteiger partial charge in [-0.05, 0) is 54.5 Å². The van der Waals surface area contributed by atoms with Gasteiger partial charge in [0, 0.05) is 24.1 Å². The van der Waals surface area contributed by atoms with Crippen LogP contribution in [0.4, 0.5) is 5.69 Å². The molecule has 0 unspecified atom stereocenters. The number of benzene rings is 3. The summed E-state index contributed by atoms with van der Waals surface area (Å²) in [5, 5.41) is 15.7. The molecule has 0 aliphatic heterocycles. The number of nitrogens with zero attached hydrogens (tertiary/aromatic N) is 1. The molecule has 9 heteroatoms. The van der Waals surface area contributed by atoms with Crippen LogP contribution in [-0.4, -0.2) is 29.2 Å². The number of rotatable bonds is 6. The lowest BCUT2D eigenvalue weighted by atomic mass is 9.81. The van der Waals surface area contributed by atoms with Crippen molar-refractivity contribution in [3.05, 3.63) is 88.0 Å². The molecule has 1 saturated carbocycles. The minimum absolute atomic E-state index is 0.0347. The average molecular weight is 475 g/mol. The maximum absolute atomic E-state index is 12.6. The summed E-state index contributed by atoms with van der Waals surface area (Å²) < 4.78 is 0. The molecule has 0 heterocycles. The van der Waals surface area contributed by atoms with E-state index in [4.69, 9.17) is 0 Å². The number of para-hydroxylation sites is 1. The molecule has 3 aromatic carbocycles. The lowest BCUT2D eigenvalue weighted by Crippen LogP contribution is -2.45. The minimum Gasteiger partial charge on any atom is -0.352 e. The Labute approximate surface area is 202 Å². The topological polar surface area (TPSA) is 130 Å². The molecule has 180 valence electrons. The minimum atomic E-state index is -0.572. The lowest BCUT2D eigenvalue weighted by Gasteiger charge is -2.27. The van der Waals surface area contributed by atoms with Crippen molar-refractivity contribution >= 4 is 34.2 Å². The van der Waals surface area contributed by atoms with Gasteiger partial charge in [0.1, 0.15) is 5.56 Å². The predicted octanol–water partition coefficient (Wildman–Crippen LogP) is 3.75. The molecule has 9 nitrogen and oxygen atoms in total. The van der Waals surface area contributed by atoms with Gasteiger partial charge >= 0.3 is 0 Å². The predicted molar refractivity (Wildman–Crippen MR) is 130 cm³/mol. The molecule has 3 amide bonds. The number of carbonyl (C=O) groups is 3. The fraction of sp³-hybridized carbons (Fsp3) is 0.269. The second-order valence-corrected chi connectivity index (χ2v) is 8.67. The van der Waals surface area contributed by atoms with Crippen molar-refractivity contribution in [3.63, 3.8) is 0 Å². The van der Waals surface area contributed by atoms with Gasteiger partial charge in [-0.1, -0.05) is 48.5 Å². The monoisotopic (exact) mass is 474 g/mol. The number of nitrogens with one attached hydrogen (secondary N) is 3. The molecule has 4 rings (SSSR count). The molecule has 3 aromatic rings. The number of hydrazine groups is 1. The van der Waals surface area contributed by atoms with Crippen LogP contribution in [0.1, 0.15) is 46.4 Å². The molecule has 1 aliphatic carbocycles. The fourth-order valence-corrected chi connectivity index (χ4v) is 4.50. The van der Waals surface area contributed by atoms with Crippen LogP contribution in [0.5, 0.6) is 0 Å².